The van der Waals surface area contributed by atoms with Gasteiger partial charge in [0, 0.05) is 0 Å². The highest BCUT2D eigenvalue weighted by atomic mass is 32.1. The van der Waals surface area contributed by atoms with Crippen molar-refractivity contribution >= 4 is 11.3 Å². The van der Waals surface area contributed by atoms with Gasteiger partial charge in [-0.15, -0.1) is 11.3 Å². The molecule has 0 saturated heterocycles. The number of hydrogen-bond acceptors (Lipinski definition) is 4. The number of rotatable bonds is 5. The van der Waals surface area contributed by atoms with Gasteiger partial charge in [0.2, 0.25) is 0 Å². The Morgan fingerprint density at radius 1 is 1.15 bits per heavy atom. The maximum absolute atomic E-state index is 6.18. The molecule has 0 radical (unpaired) electrons. The summed E-state index contributed by atoms with van der Waals surface area (Å²) in [4.78, 5) is 5.54. The molecule has 2 heterocycles. The summed E-state index contributed by atoms with van der Waals surface area (Å²) in [6.07, 6.45) is 1.79. The fourth-order valence-electron chi connectivity index (χ4n) is 2.06. The van der Waals surface area contributed by atoms with E-state index in [0.717, 1.165) is 29.4 Å². The summed E-state index contributed by atoms with van der Waals surface area (Å²) in [5.74, 6) is 1.48. The predicted molar refractivity (Wildman–Crippen MR) is 81.4 cm³/mol. The van der Waals surface area contributed by atoms with E-state index < -0.39 is 0 Å². The molecule has 2 aromatic heterocycles. The molecule has 1 aromatic carbocycles. The molecule has 0 spiro atoms. The van der Waals surface area contributed by atoms with E-state index in [1.165, 1.54) is 5.56 Å². The Bertz CT molecular complexity index is 646. The Morgan fingerprint density at radius 2 is 2.00 bits per heavy atom. The minimum absolute atomic E-state index is 0.114. The number of aromatic amines is 1. The van der Waals surface area contributed by atoms with Crippen molar-refractivity contribution in [1.29, 1.82) is 0 Å². The smallest absolute Gasteiger partial charge is 0.191 e. The monoisotopic (exact) mass is 284 g/mol. The van der Waals surface area contributed by atoms with Crippen LogP contribution >= 0.6 is 11.3 Å². The molecule has 0 aliphatic heterocycles. The van der Waals surface area contributed by atoms with Crippen molar-refractivity contribution < 1.29 is 0 Å². The van der Waals surface area contributed by atoms with Crippen LogP contribution in [-0.4, -0.2) is 15.2 Å². The number of thiophene rings is 1. The molecule has 0 amide bonds. The fourth-order valence-corrected chi connectivity index (χ4v) is 2.72. The highest BCUT2D eigenvalue weighted by molar-refractivity contribution is 7.13. The second-order valence-electron chi connectivity index (χ2n) is 4.65. The van der Waals surface area contributed by atoms with Gasteiger partial charge in [0.1, 0.15) is 5.82 Å². The first-order chi connectivity index (χ1) is 9.83. The zero-order valence-corrected chi connectivity index (χ0v) is 11.8. The summed E-state index contributed by atoms with van der Waals surface area (Å²) < 4.78 is 0. The number of hydrogen-bond donors (Lipinski definition) is 2. The molecule has 0 aliphatic carbocycles. The number of nitrogens with zero attached hydrogens (tertiary/aromatic N) is 2. The van der Waals surface area contributed by atoms with Gasteiger partial charge in [-0.3, -0.25) is 5.10 Å². The minimum atomic E-state index is -0.114. The number of nitrogens with two attached hydrogens (primary N) is 1. The SMILES string of the molecule is N[C@@H](CCc1ccccc1)c1nc(-c2cccs2)n[nH]1. The number of nitrogens with one attached hydrogen (secondary N) is 1. The van der Waals surface area contributed by atoms with E-state index >= 15 is 0 Å². The molecule has 0 unspecified atom stereocenters. The third kappa shape index (κ3) is 2.95. The normalized spacial score (nSPS) is 12.4. The van der Waals surface area contributed by atoms with Gasteiger partial charge < -0.3 is 5.73 Å². The van der Waals surface area contributed by atoms with Crippen LogP contribution in [0.2, 0.25) is 0 Å². The Morgan fingerprint density at radius 3 is 2.75 bits per heavy atom. The van der Waals surface area contributed by atoms with Crippen LogP contribution in [0, 0.1) is 0 Å². The summed E-state index contributed by atoms with van der Waals surface area (Å²) in [6, 6.07) is 14.2. The van der Waals surface area contributed by atoms with Gasteiger partial charge in [-0.05, 0) is 29.9 Å². The topological polar surface area (TPSA) is 67.6 Å². The Balaban J connectivity index is 1.64. The van der Waals surface area contributed by atoms with Gasteiger partial charge in [-0.2, -0.15) is 5.10 Å². The van der Waals surface area contributed by atoms with Crippen LogP contribution in [0.4, 0.5) is 0 Å². The number of H-pyrrole nitrogens is 1. The van der Waals surface area contributed by atoms with Crippen molar-refractivity contribution in [3.8, 4) is 10.7 Å². The van der Waals surface area contributed by atoms with Crippen LogP contribution in [0.1, 0.15) is 23.9 Å². The molecule has 3 aromatic rings. The maximum Gasteiger partial charge on any atom is 0.191 e. The van der Waals surface area contributed by atoms with E-state index in [1.807, 2.05) is 35.7 Å². The lowest BCUT2D eigenvalue weighted by atomic mass is 10.1. The summed E-state index contributed by atoms with van der Waals surface area (Å²) >= 11 is 1.63. The first-order valence-electron chi connectivity index (χ1n) is 6.58. The molecule has 4 nitrogen and oxygen atoms in total. The van der Waals surface area contributed by atoms with Crippen LogP contribution in [0.25, 0.3) is 10.7 Å². The molecular weight excluding hydrogens is 268 g/mol. The van der Waals surface area contributed by atoms with E-state index in [0.29, 0.717) is 0 Å². The van der Waals surface area contributed by atoms with Crippen molar-refractivity contribution in [3.05, 3.63) is 59.2 Å². The second-order valence-corrected chi connectivity index (χ2v) is 5.60. The molecule has 5 heteroatoms. The van der Waals surface area contributed by atoms with Gasteiger partial charge in [0.15, 0.2) is 5.82 Å². The Hall–Kier alpha value is -1.98. The molecule has 0 bridgehead atoms. The van der Waals surface area contributed by atoms with Crippen molar-refractivity contribution in [2.24, 2.45) is 5.73 Å². The summed E-state index contributed by atoms with van der Waals surface area (Å²) in [5, 5.41) is 9.19. The zero-order chi connectivity index (χ0) is 13.8. The van der Waals surface area contributed by atoms with Crippen LogP contribution in [0.15, 0.2) is 47.8 Å². The number of benzene rings is 1. The Kier molecular flexibility index (Phi) is 3.90. The summed E-state index contributed by atoms with van der Waals surface area (Å²) in [5.41, 5.74) is 7.47. The zero-order valence-electron chi connectivity index (χ0n) is 11.0. The lowest BCUT2D eigenvalue weighted by molar-refractivity contribution is 0.615. The average molecular weight is 284 g/mol. The molecule has 20 heavy (non-hydrogen) atoms. The largest absolute Gasteiger partial charge is 0.321 e. The van der Waals surface area contributed by atoms with Gasteiger partial charge >= 0.3 is 0 Å². The molecule has 0 aliphatic rings. The van der Waals surface area contributed by atoms with Gasteiger partial charge in [0.25, 0.3) is 0 Å². The summed E-state index contributed by atoms with van der Waals surface area (Å²) in [7, 11) is 0. The average Bonchev–Trinajstić information content (AvgIpc) is 3.16. The third-order valence-electron chi connectivity index (χ3n) is 3.18. The fraction of sp³-hybridized carbons (Fsp3) is 0.200. The van der Waals surface area contributed by atoms with Crippen LogP contribution in [0.3, 0.4) is 0 Å². The maximum atomic E-state index is 6.18. The molecule has 0 saturated carbocycles. The minimum Gasteiger partial charge on any atom is -0.321 e. The van der Waals surface area contributed by atoms with Crippen molar-refractivity contribution in [2.75, 3.05) is 0 Å². The number of aryl methyl sites for hydroxylation is 1. The van der Waals surface area contributed by atoms with E-state index in [-0.39, 0.29) is 6.04 Å². The molecular formula is C15H16N4S. The lowest BCUT2D eigenvalue weighted by Gasteiger charge is -2.07. The molecule has 1 atom stereocenters. The van der Waals surface area contributed by atoms with E-state index in [9.17, 15) is 0 Å². The van der Waals surface area contributed by atoms with Gasteiger partial charge in [-0.25, -0.2) is 4.98 Å². The third-order valence-corrected chi connectivity index (χ3v) is 4.05. The van der Waals surface area contributed by atoms with Crippen LogP contribution in [0.5, 0.6) is 0 Å². The van der Waals surface area contributed by atoms with Crippen LogP contribution < -0.4 is 5.73 Å². The van der Waals surface area contributed by atoms with Crippen molar-refractivity contribution in [2.45, 2.75) is 18.9 Å². The lowest BCUT2D eigenvalue weighted by Crippen LogP contribution is -2.13. The molecule has 102 valence electrons. The van der Waals surface area contributed by atoms with E-state index in [2.05, 4.69) is 27.3 Å². The standard InChI is InChI=1S/C15H16N4S/c16-12(9-8-11-5-2-1-3-6-11)14-17-15(19-18-14)13-7-4-10-20-13/h1-7,10,12H,8-9,16H2,(H,17,18,19)/t12-/m0/s1. The highest BCUT2D eigenvalue weighted by Gasteiger charge is 2.13. The molecule has 3 N–H and O–H groups in total. The van der Waals surface area contributed by atoms with Crippen LogP contribution in [-0.2, 0) is 6.42 Å². The van der Waals surface area contributed by atoms with Crippen molar-refractivity contribution in [3.63, 3.8) is 0 Å². The molecule has 3 rings (SSSR count). The quantitative estimate of drug-likeness (QED) is 0.756. The summed E-state index contributed by atoms with van der Waals surface area (Å²) in [6.45, 7) is 0. The highest BCUT2D eigenvalue weighted by Crippen LogP contribution is 2.22. The van der Waals surface area contributed by atoms with E-state index in [1.54, 1.807) is 11.3 Å². The Labute approximate surface area is 121 Å². The molecule has 0 fully saturated rings. The second kappa shape index (κ2) is 5.98. The van der Waals surface area contributed by atoms with E-state index in [4.69, 9.17) is 5.73 Å². The van der Waals surface area contributed by atoms with Gasteiger partial charge in [-0.1, -0.05) is 36.4 Å². The first kappa shape index (κ1) is 13.0. The van der Waals surface area contributed by atoms with Gasteiger partial charge in [0.05, 0.1) is 10.9 Å². The predicted octanol–water partition coefficient (Wildman–Crippen LogP) is 3.17. The number of aromatic nitrogens is 3. The van der Waals surface area contributed by atoms with Crippen molar-refractivity contribution in [1.82, 2.24) is 15.2 Å². The first-order valence-corrected chi connectivity index (χ1v) is 7.46.